The van der Waals surface area contributed by atoms with Crippen LogP contribution in [0.3, 0.4) is 0 Å². The lowest BCUT2D eigenvalue weighted by molar-refractivity contribution is -0.381. The first kappa shape index (κ1) is 14.6. The SMILES string of the molecule is CCOP(=O)(OCC)C([NH3+])C(=O)N(C)C. The van der Waals surface area contributed by atoms with Gasteiger partial charge in [-0.05, 0) is 13.8 Å². The minimum atomic E-state index is -3.42. The second kappa shape index (κ2) is 6.23. The minimum Gasteiger partial charge on any atom is -0.343 e. The van der Waals surface area contributed by atoms with Gasteiger partial charge in [-0.25, -0.2) is 0 Å². The minimum absolute atomic E-state index is 0.226. The highest BCUT2D eigenvalue weighted by molar-refractivity contribution is 7.55. The molecule has 7 heteroatoms. The molecule has 0 rings (SSSR count). The maximum absolute atomic E-state index is 12.1. The molecular formula is C8H20N2O4P+. The van der Waals surface area contributed by atoms with Crippen molar-refractivity contribution in [2.45, 2.75) is 19.6 Å². The van der Waals surface area contributed by atoms with Crippen LogP contribution in [-0.2, 0) is 18.4 Å². The zero-order chi connectivity index (χ0) is 12.1. The molecule has 90 valence electrons. The molecule has 0 saturated carbocycles. The number of quaternary nitrogens is 1. The van der Waals surface area contributed by atoms with Gasteiger partial charge in [0.2, 0.25) is 0 Å². The highest BCUT2D eigenvalue weighted by Gasteiger charge is 2.42. The first-order valence-corrected chi connectivity index (χ1v) is 6.43. The van der Waals surface area contributed by atoms with Crippen LogP contribution in [0.5, 0.6) is 0 Å². The van der Waals surface area contributed by atoms with Crippen LogP contribution < -0.4 is 5.73 Å². The molecule has 0 aliphatic rings. The van der Waals surface area contributed by atoms with Crippen molar-refractivity contribution >= 4 is 13.5 Å². The second-order valence-electron chi connectivity index (χ2n) is 3.12. The molecule has 0 aromatic carbocycles. The van der Waals surface area contributed by atoms with E-state index in [4.69, 9.17) is 9.05 Å². The van der Waals surface area contributed by atoms with E-state index in [1.165, 1.54) is 4.90 Å². The fourth-order valence-electron chi connectivity index (χ4n) is 1.01. The van der Waals surface area contributed by atoms with Crippen molar-refractivity contribution in [1.82, 2.24) is 4.90 Å². The normalized spacial score (nSPS) is 13.7. The Kier molecular flexibility index (Phi) is 6.05. The molecule has 0 aliphatic carbocycles. The van der Waals surface area contributed by atoms with Gasteiger partial charge in [-0.2, -0.15) is 0 Å². The maximum Gasteiger partial charge on any atom is 0.397 e. The van der Waals surface area contributed by atoms with Crippen molar-refractivity contribution in [1.29, 1.82) is 0 Å². The van der Waals surface area contributed by atoms with Crippen molar-refractivity contribution in [2.24, 2.45) is 0 Å². The highest BCUT2D eigenvalue weighted by atomic mass is 31.2. The lowest BCUT2D eigenvalue weighted by Gasteiger charge is -2.21. The Hall–Kier alpha value is -0.420. The van der Waals surface area contributed by atoms with Crippen LogP contribution in [0.15, 0.2) is 0 Å². The van der Waals surface area contributed by atoms with E-state index in [9.17, 15) is 9.36 Å². The van der Waals surface area contributed by atoms with Crippen LogP contribution in [0.25, 0.3) is 0 Å². The molecule has 0 heterocycles. The number of carbonyl (C=O) groups excluding carboxylic acids is 1. The summed E-state index contributed by atoms with van der Waals surface area (Å²) in [5.41, 5.74) is 3.56. The van der Waals surface area contributed by atoms with Crippen LogP contribution in [0.4, 0.5) is 0 Å². The van der Waals surface area contributed by atoms with Gasteiger partial charge in [0.15, 0.2) is 0 Å². The summed E-state index contributed by atoms with van der Waals surface area (Å²) < 4.78 is 22.2. The number of amides is 1. The van der Waals surface area contributed by atoms with E-state index in [-0.39, 0.29) is 19.1 Å². The molecule has 1 unspecified atom stereocenters. The van der Waals surface area contributed by atoms with Crippen molar-refractivity contribution in [3.05, 3.63) is 0 Å². The van der Waals surface area contributed by atoms with Crippen molar-refractivity contribution in [3.8, 4) is 0 Å². The topological polar surface area (TPSA) is 83.5 Å². The van der Waals surface area contributed by atoms with Crippen LogP contribution in [0.1, 0.15) is 13.8 Å². The van der Waals surface area contributed by atoms with Crippen molar-refractivity contribution in [2.75, 3.05) is 27.3 Å². The summed E-state index contributed by atoms with van der Waals surface area (Å²) in [5.74, 6) is -1.37. The molecule has 0 radical (unpaired) electrons. The molecule has 0 fully saturated rings. The maximum atomic E-state index is 12.1. The monoisotopic (exact) mass is 239 g/mol. The fraction of sp³-hybridized carbons (Fsp3) is 0.875. The number of rotatable bonds is 6. The zero-order valence-corrected chi connectivity index (χ0v) is 10.6. The van der Waals surface area contributed by atoms with E-state index in [2.05, 4.69) is 5.73 Å². The Balaban J connectivity index is 4.76. The summed E-state index contributed by atoms with van der Waals surface area (Å²) in [5, 5.41) is 0. The number of hydrogen-bond donors (Lipinski definition) is 1. The first-order chi connectivity index (χ1) is 6.89. The summed E-state index contributed by atoms with van der Waals surface area (Å²) in [6.45, 7) is 3.84. The van der Waals surface area contributed by atoms with Gasteiger partial charge in [0.1, 0.15) is 0 Å². The molecule has 0 spiro atoms. The van der Waals surface area contributed by atoms with Gasteiger partial charge in [-0.15, -0.1) is 0 Å². The number of carbonyl (C=O) groups is 1. The van der Waals surface area contributed by atoms with Crippen LogP contribution in [0, 0.1) is 0 Å². The van der Waals surface area contributed by atoms with Gasteiger partial charge >= 0.3 is 7.60 Å². The van der Waals surface area contributed by atoms with E-state index < -0.39 is 13.4 Å². The molecule has 6 nitrogen and oxygen atoms in total. The summed E-state index contributed by atoms with van der Waals surface area (Å²) in [6.07, 6.45) is 0. The van der Waals surface area contributed by atoms with Gasteiger partial charge in [0.25, 0.3) is 11.7 Å². The van der Waals surface area contributed by atoms with E-state index in [1.54, 1.807) is 27.9 Å². The van der Waals surface area contributed by atoms with Crippen molar-refractivity contribution in [3.63, 3.8) is 0 Å². The average Bonchev–Trinajstić information content (AvgIpc) is 2.16. The van der Waals surface area contributed by atoms with Gasteiger partial charge in [-0.1, -0.05) is 0 Å². The molecule has 15 heavy (non-hydrogen) atoms. The molecule has 0 aromatic rings. The molecule has 0 bridgehead atoms. The quantitative estimate of drug-likeness (QED) is 0.656. The Morgan fingerprint density at radius 3 is 2.00 bits per heavy atom. The van der Waals surface area contributed by atoms with Gasteiger partial charge in [-0.3, -0.25) is 9.36 Å². The predicted octanol–water partition coefficient (Wildman–Crippen LogP) is -0.0913. The Labute approximate surface area is 90.2 Å². The third-order valence-electron chi connectivity index (χ3n) is 1.73. The smallest absolute Gasteiger partial charge is 0.343 e. The van der Waals surface area contributed by atoms with Crippen LogP contribution >= 0.6 is 7.60 Å². The summed E-state index contributed by atoms with van der Waals surface area (Å²) in [7, 11) is -0.278. The standard InChI is InChI=1S/C8H19N2O4P/c1-5-13-15(12,14-6-2)7(9)8(11)10(3)4/h7H,5-6,9H2,1-4H3/p+1. The van der Waals surface area contributed by atoms with E-state index in [0.29, 0.717) is 0 Å². The van der Waals surface area contributed by atoms with E-state index >= 15 is 0 Å². The Morgan fingerprint density at radius 1 is 1.33 bits per heavy atom. The lowest BCUT2D eigenvalue weighted by atomic mass is 10.6. The number of nitrogens with zero attached hydrogens (tertiary/aromatic N) is 1. The zero-order valence-electron chi connectivity index (χ0n) is 9.73. The Bertz CT molecular complexity index is 247. The Morgan fingerprint density at radius 2 is 1.73 bits per heavy atom. The third kappa shape index (κ3) is 3.91. The summed E-state index contributed by atoms with van der Waals surface area (Å²) >= 11 is 0. The third-order valence-corrected chi connectivity index (χ3v) is 3.95. The van der Waals surface area contributed by atoms with Crippen LogP contribution in [0.2, 0.25) is 0 Å². The largest absolute Gasteiger partial charge is 0.397 e. The molecule has 0 aliphatic heterocycles. The molecule has 1 amide bonds. The van der Waals surface area contributed by atoms with Crippen LogP contribution in [-0.4, -0.2) is 43.9 Å². The average molecular weight is 239 g/mol. The molecule has 0 saturated heterocycles. The summed E-state index contributed by atoms with van der Waals surface area (Å²) in [6, 6.07) is 0. The highest BCUT2D eigenvalue weighted by Crippen LogP contribution is 2.50. The van der Waals surface area contributed by atoms with Gasteiger partial charge in [0, 0.05) is 14.1 Å². The van der Waals surface area contributed by atoms with Gasteiger partial charge in [0.05, 0.1) is 13.2 Å². The van der Waals surface area contributed by atoms with Gasteiger partial charge < -0.3 is 19.7 Å². The molecular weight excluding hydrogens is 219 g/mol. The lowest BCUT2D eigenvalue weighted by Crippen LogP contribution is -2.67. The van der Waals surface area contributed by atoms with Crippen molar-refractivity contribution < 1.29 is 24.1 Å². The van der Waals surface area contributed by atoms with E-state index in [0.717, 1.165) is 0 Å². The summed E-state index contributed by atoms with van der Waals surface area (Å²) in [4.78, 5) is 12.9. The van der Waals surface area contributed by atoms with E-state index in [1.807, 2.05) is 0 Å². The predicted molar refractivity (Wildman–Crippen MR) is 56.2 cm³/mol. The first-order valence-electron chi connectivity index (χ1n) is 4.82. The molecule has 1 atom stereocenters. The second-order valence-corrected chi connectivity index (χ2v) is 5.34. The fourth-order valence-corrected chi connectivity index (χ4v) is 2.67. The number of hydrogen-bond acceptors (Lipinski definition) is 4. The number of likely N-dealkylation sites (N-methyl/N-ethyl adjacent to an activating group) is 1. The molecule has 0 aromatic heterocycles. The molecule has 3 N–H and O–H groups in total.